The van der Waals surface area contributed by atoms with Gasteiger partial charge in [0.05, 0.1) is 19.1 Å². The summed E-state index contributed by atoms with van der Waals surface area (Å²) in [6.07, 6.45) is 1.66. The number of rotatable bonds is 6. The van der Waals surface area contributed by atoms with Crippen LogP contribution in [0.4, 0.5) is 0 Å². The quantitative estimate of drug-likeness (QED) is 0.565. The number of benzene rings is 2. The molecule has 1 N–H and O–H groups in total. The molecule has 0 radical (unpaired) electrons. The van der Waals surface area contributed by atoms with E-state index >= 15 is 0 Å². The number of nitrogens with zero attached hydrogens (tertiary/aromatic N) is 1. The van der Waals surface area contributed by atoms with Gasteiger partial charge in [-0.05, 0) is 35.0 Å². The Morgan fingerprint density at radius 3 is 2.46 bits per heavy atom. The standard InChI is InChI=1S/C19H17NO6S2/c1-20-18(23)16(28-19(20)27)8-12-11-7-15(25-3)14(24-2)6-10(11)4-5-13(12)26-9-17(21)22/h4-8H,9H2,1-3H3,(H,21,22). The number of aliphatic carboxylic acids is 1. The van der Waals surface area contributed by atoms with Crippen LogP contribution in [-0.2, 0) is 9.59 Å². The number of hydrogen-bond donors (Lipinski definition) is 1. The molecule has 1 amide bonds. The molecule has 0 saturated carbocycles. The predicted molar refractivity (Wildman–Crippen MR) is 111 cm³/mol. The lowest BCUT2D eigenvalue weighted by Crippen LogP contribution is -2.22. The molecule has 0 bridgehead atoms. The highest BCUT2D eigenvalue weighted by atomic mass is 32.2. The van der Waals surface area contributed by atoms with E-state index in [1.807, 2.05) is 0 Å². The van der Waals surface area contributed by atoms with Crippen LogP contribution >= 0.6 is 24.0 Å². The average molecular weight is 419 g/mol. The van der Waals surface area contributed by atoms with E-state index in [1.165, 1.54) is 23.8 Å². The van der Waals surface area contributed by atoms with Crippen molar-refractivity contribution in [3.8, 4) is 17.2 Å². The predicted octanol–water partition coefficient (Wildman–Crippen LogP) is 3.15. The lowest BCUT2D eigenvalue weighted by Gasteiger charge is -2.14. The summed E-state index contributed by atoms with van der Waals surface area (Å²) in [6.45, 7) is -0.506. The molecule has 1 fully saturated rings. The number of fused-ring (bicyclic) bond motifs is 1. The zero-order valence-electron chi connectivity index (χ0n) is 15.3. The molecule has 1 heterocycles. The number of thiocarbonyl (C=S) groups is 1. The first-order valence-corrected chi connectivity index (χ1v) is 9.33. The van der Waals surface area contributed by atoms with Crippen LogP contribution in [0.15, 0.2) is 29.2 Å². The maximum absolute atomic E-state index is 12.4. The first-order chi connectivity index (χ1) is 13.3. The van der Waals surface area contributed by atoms with Crippen LogP contribution in [-0.4, -0.2) is 54.1 Å². The van der Waals surface area contributed by atoms with Gasteiger partial charge in [-0.3, -0.25) is 9.69 Å². The van der Waals surface area contributed by atoms with Crippen molar-refractivity contribution in [2.75, 3.05) is 27.9 Å². The molecule has 0 aromatic heterocycles. The molecule has 28 heavy (non-hydrogen) atoms. The molecule has 0 aliphatic carbocycles. The third-order valence-corrected chi connectivity index (χ3v) is 5.62. The fraction of sp³-hybridized carbons (Fsp3) is 0.211. The van der Waals surface area contributed by atoms with E-state index in [0.717, 1.165) is 10.8 Å². The summed E-state index contributed by atoms with van der Waals surface area (Å²) in [5, 5.41) is 10.5. The highest BCUT2D eigenvalue weighted by Crippen LogP contribution is 2.40. The highest BCUT2D eigenvalue weighted by Gasteiger charge is 2.29. The molecule has 1 aliphatic rings. The summed E-state index contributed by atoms with van der Waals surface area (Å²) < 4.78 is 16.6. The largest absolute Gasteiger partial charge is 0.493 e. The van der Waals surface area contributed by atoms with E-state index in [9.17, 15) is 9.59 Å². The van der Waals surface area contributed by atoms with Crippen LogP contribution < -0.4 is 14.2 Å². The van der Waals surface area contributed by atoms with Gasteiger partial charge < -0.3 is 19.3 Å². The van der Waals surface area contributed by atoms with Gasteiger partial charge in [-0.1, -0.05) is 30.0 Å². The minimum atomic E-state index is -1.10. The number of likely N-dealkylation sites (N-methyl/N-ethyl adjacent to an activating group) is 1. The molecule has 0 spiro atoms. The first-order valence-electron chi connectivity index (χ1n) is 8.10. The Bertz CT molecular complexity index is 1020. The van der Waals surface area contributed by atoms with Gasteiger partial charge in [0.25, 0.3) is 5.91 Å². The number of carbonyl (C=O) groups excluding carboxylic acids is 1. The van der Waals surface area contributed by atoms with Crippen molar-refractivity contribution in [2.24, 2.45) is 0 Å². The van der Waals surface area contributed by atoms with Crippen LogP contribution in [0.2, 0.25) is 0 Å². The van der Waals surface area contributed by atoms with Crippen LogP contribution in [0, 0.1) is 0 Å². The van der Waals surface area contributed by atoms with E-state index in [0.29, 0.717) is 32.0 Å². The second-order valence-corrected chi connectivity index (χ2v) is 7.50. The van der Waals surface area contributed by atoms with Gasteiger partial charge in [-0.2, -0.15) is 0 Å². The Balaban J connectivity index is 2.22. The van der Waals surface area contributed by atoms with Crippen LogP contribution in [0.5, 0.6) is 17.2 Å². The second kappa shape index (κ2) is 8.07. The topological polar surface area (TPSA) is 85.3 Å². The van der Waals surface area contributed by atoms with Gasteiger partial charge in [0.2, 0.25) is 0 Å². The summed E-state index contributed by atoms with van der Waals surface area (Å²) in [7, 11) is 4.68. The fourth-order valence-corrected chi connectivity index (χ4v) is 3.91. The van der Waals surface area contributed by atoms with Crippen molar-refractivity contribution < 1.29 is 28.9 Å². The molecular weight excluding hydrogens is 402 g/mol. The van der Waals surface area contributed by atoms with Crippen molar-refractivity contribution >= 4 is 57.0 Å². The minimum absolute atomic E-state index is 0.225. The van der Waals surface area contributed by atoms with Gasteiger partial charge in [0, 0.05) is 12.6 Å². The number of carboxylic acids is 1. The van der Waals surface area contributed by atoms with Crippen molar-refractivity contribution in [3.63, 3.8) is 0 Å². The van der Waals surface area contributed by atoms with Crippen LogP contribution in [0.25, 0.3) is 16.8 Å². The first kappa shape index (κ1) is 20.0. The van der Waals surface area contributed by atoms with Gasteiger partial charge in [0.1, 0.15) is 10.1 Å². The van der Waals surface area contributed by atoms with Crippen LogP contribution in [0.1, 0.15) is 5.56 Å². The van der Waals surface area contributed by atoms with Crippen molar-refractivity contribution in [1.82, 2.24) is 4.90 Å². The molecule has 146 valence electrons. The number of methoxy groups -OCH3 is 2. The molecular formula is C19H17NO6S2. The summed E-state index contributed by atoms with van der Waals surface area (Å²) >= 11 is 6.36. The molecule has 9 heteroatoms. The minimum Gasteiger partial charge on any atom is -0.493 e. The molecule has 0 atom stereocenters. The lowest BCUT2D eigenvalue weighted by atomic mass is 10.0. The summed E-state index contributed by atoms with van der Waals surface area (Å²) in [6, 6.07) is 7.02. The number of amides is 1. The monoisotopic (exact) mass is 419 g/mol. The number of thioether (sulfide) groups is 1. The van der Waals surface area contributed by atoms with E-state index in [1.54, 1.807) is 44.5 Å². The molecule has 0 unspecified atom stereocenters. The number of ether oxygens (including phenoxy) is 3. The van der Waals surface area contributed by atoms with Gasteiger partial charge in [-0.25, -0.2) is 4.79 Å². The molecule has 3 rings (SSSR count). The molecule has 1 saturated heterocycles. The Labute approximate surface area is 170 Å². The molecule has 1 aliphatic heterocycles. The lowest BCUT2D eigenvalue weighted by molar-refractivity contribution is -0.139. The maximum atomic E-state index is 12.4. The number of carboxylic acid groups (broad SMARTS) is 1. The van der Waals surface area contributed by atoms with E-state index in [-0.39, 0.29) is 5.91 Å². The van der Waals surface area contributed by atoms with Crippen molar-refractivity contribution in [1.29, 1.82) is 0 Å². The van der Waals surface area contributed by atoms with Crippen molar-refractivity contribution in [2.45, 2.75) is 0 Å². The Morgan fingerprint density at radius 1 is 1.21 bits per heavy atom. The summed E-state index contributed by atoms with van der Waals surface area (Å²) in [5.74, 6) is 0.0708. The third kappa shape index (κ3) is 3.76. The van der Waals surface area contributed by atoms with Crippen LogP contribution in [0.3, 0.4) is 0 Å². The smallest absolute Gasteiger partial charge is 0.341 e. The molecule has 7 nitrogen and oxygen atoms in total. The van der Waals surface area contributed by atoms with E-state index in [2.05, 4.69) is 0 Å². The highest BCUT2D eigenvalue weighted by molar-refractivity contribution is 8.26. The summed E-state index contributed by atoms with van der Waals surface area (Å²) in [5.41, 5.74) is 0.564. The number of carbonyl (C=O) groups is 2. The van der Waals surface area contributed by atoms with E-state index < -0.39 is 12.6 Å². The Hall–Kier alpha value is -2.78. The number of hydrogen-bond acceptors (Lipinski definition) is 7. The Morgan fingerprint density at radius 2 is 1.89 bits per heavy atom. The fourth-order valence-electron chi connectivity index (χ4n) is 2.74. The van der Waals surface area contributed by atoms with Gasteiger partial charge in [-0.15, -0.1) is 0 Å². The molecule has 2 aromatic rings. The van der Waals surface area contributed by atoms with E-state index in [4.69, 9.17) is 31.5 Å². The zero-order valence-corrected chi connectivity index (χ0v) is 17.0. The van der Waals surface area contributed by atoms with Gasteiger partial charge in [0.15, 0.2) is 18.1 Å². The Kier molecular flexibility index (Phi) is 5.76. The maximum Gasteiger partial charge on any atom is 0.341 e. The second-order valence-electron chi connectivity index (χ2n) is 5.83. The zero-order chi connectivity index (χ0) is 20.4. The normalized spacial score (nSPS) is 15.4. The SMILES string of the molecule is COc1cc2ccc(OCC(=O)O)c(C=C3SC(=S)N(C)C3=O)c2cc1OC. The summed E-state index contributed by atoms with van der Waals surface area (Å²) in [4.78, 5) is 25.2. The third-order valence-electron chi connectivity index (χ3n) is 4.14. The van der Waals surface area contributed by atoms with Gasteiger partial charge >= 0.3 is 5.97 Å². The van der Waals surface area contributed by atoms with Crippen molar-refractivity contribution in [3.05, 3.63) is 34.7 Å². The average Bonchev–Trinajstić information content (AvgIpc) is 2.92. The molecule has 2 aromatic carbocycles.